The van der Waals surface area contributed by atoms with Crippen LogP contribution in [-0.2, 0) is 23.0 Å². The van der Waals surface area contributed by atoms with Crippen molar-refractivity contribution in [1.82, 2.24) is 14.9 Å². The Morgan fingerprint density at radius 2 is 2.12 bits per heavy atom. The maximum absolute atomic E-state index is 12.3. The van der Waals surface area contributed by atoms with Gasteiger partial charge in [0.05, 0.1) is 11.0 Å². The minimum absolute atomic E-state index is 0.133. The quantitative estimate of drug-likeness (QED) is 0.704. The maximum Gasteiger partial charge on any atom is 0.317 e. The third kappa shape index (κ3) is 4.68. The van der Waals surface area contributed by atoms with Gasteiger partial charge >= 0.3 is 6.03 Å². The lowest BCUT2D eigenvalue weighted by atomic mass is 10.0. The third-order valence-electron chi connectivity index (χ3n) is 3.97. The molecule has 0 aliphatic carbocycles. The minimum atomic E-state index is -3.62. The fourth-order valence-corrected chi connectivity index (χ4v) is 3.72. The van der Waals surface area contributed by atoms with E-state index in [2.05, 4.69) is 10.0 Å². The van der Waals surface area contributed by atoms with Crippen molar-refractivity contribution in [1.29, 1.82) is 0 Å². The molecule has 0 fully saturated rings. The summed E-state index contributed by atoms with van der Waals surface area (Å²) in [4.78, 5) is 13.8. The summed E-state index contributed by atoms with van der Waals surface area (Å²) in [5.41, 5.74) is 1.92. The van der Waals surface area contributed by atoms with Crippen LogP contribution in [0.1, 0.15) is 31.4 Å². The van der Waals surface area contributed by atoms with Gasteiger partial charge in [0.2, 0.25) is 10.0 Å². The summed E-state index contributed by atoms with van der Waals surface area (Å²) in [6.07, 6.45) is 0.513. The second-order valence-corrected chi connectivity index (χ2v) is 7.74. The van der Waals surface area contributed by atoms with E-state index >= 15 is 0 Å². The Morgan fingerprint density at radius 1 is 1.38 bits per heavy atom. The van der Waals surface area contributed by atoms with E-state index in [1.165, 1.54) is 0 Å². The predicted molar refractivity (Wildman–Crippen MR) is 91.1 cm³/mol. The zero-order valence-electron chi connectivity index (χ0n) is 14.1. The molecule has 2 amide bonds. The van der Waals surface area contributed by atoms with Gasteiger partial charge < -0.3 is 15.3 Å². The number of hydrogen-bond donors (Lipinski definition) is 3. The Labute approximate surface area is 143 Å². The molecule has 0 bridgehead atoms. The maximum atomic E-state index is 12.3. The fourth-order valence-electron chi connectivity index (χ4n) is 2.62. The van der Waals surface area contributed by atoms with Gasteiger partial charge in [-0.15, -0.1) is 0 Å². The van der Waals surface area contributed by atoms with Gasteiger partial charge in [0.25, 0.3) is 0 Å². The molecule has 7 nitrogen and oxygen atoms in total. The second kappa shape index (κ2) is 7.96. The molecule has 0 radical (unpaired) electrons. The molecule has 0 saturated heterocycles. The number of nitrogens with zero attached hydrogens (tertiary/aromatic N) is 1. The lowest BCUT2D eigenvalue weighted by Gasteiger charge is -2.29. The number of sulfonamides is 1. The number of carbonyl (C=O) groups excluding carboxylic acids is 1. The van der Waals surface area contributed by atoms with Gasteiger partial charge in [0.15, 0.2) is 0 Å². The lowest BCUT2D eigenvalue weighted by molar-refractivity contribution is 0.186. The molecule has 1 aliphatic rings. The normalized spacial score (nSPS) is 15.7. The van der Waals surface area contributed by atoms with Crippen LogP contribution in [0.4, 0.5) is 4.79 Å². The Balaban J connectivity index is 2.13. The average molecular weight is 355 g/mol. The predicted octanol–water partition coefficient (Wildman–Crippen LogP) is 0.823. The SMILES string of the molecule is CCNC(=O)N1CCc2ccc(S(=O)(=O)NCC[C@@H](C)O)cc2C1. The van der Waals surface area contributed by atoms with E-state index in [4.69, 9.17) is 0 Å². The molecule has 0 aromatic heterocycles. The van der Waals surface area contributed by atoms with Gasteiger partial charge in [0, 0.05) is 26.2 Å². The summed E-state index contributed by atoms with van der Waals surface area (Å²) in [7, 11) is -3.62. The summed E-state index contributed by atoms with van der Waals surface area (Å²) < 4.78 is 27.2. The average Bonchev–Trinajstić information content (AvgIpc) is 2.53. The number of urea groups is 1. The van der Waals surface area contributed by atoms with Crippen LogP contribution in [0.5, 0.6) is 0 Å². The molecule has 134 valence electrons. The fraction of sp³-hybridized carbons (Fsp3) is 0.562. The smallest absolute Gasteiger partial charge is 0.317 e. The highest BCUT2D eigenvalue weighted by Gasteiger charge is 2.22. The van der Waals surface area contributed by atoms with Crippen molar-refractivity contribution in [2.45, 2.75) is 44.2 Å². The number of carbonyl (C=O) groups is 1. The number of nitrogens with one attached hydrogen (secondary N) is 2. The molecular formula is C16H25N3O4S. The van der Waals surface area contributed by atoms with Crippen LogP contribution in [0.15, 0.2) is 23.1 Å². The van der Waals surface area contributed by atoms with Crippen LogP contribution < -0.4 is 10.0 Å². The molecule has 8 heteroatoms. The molecule has 1 aromatic carbocycles. The van der Waals surface area contributed by atoms with Crippen molar-refractivity contribution in [2.75, 3.05) is 19.6 Å². The molecule has 1 aromatic rings. The molecular weight excluding hydrogens is 330 g/mol. The van der Waals surface area contributed by atoms with Gasteiger partial charge in [-0.1, -0.05) is 6.07 Å². The monoisotopic (exact) mass is 355 g/mol. The first-order valence-electron chi connectivity index (χ1n) is 8.15. The minimum Gasteiger partial charge on any atom is -0.393 e. The van der Waals surface area contributed by atoms with Crippen LogP contribution in [0, 0.1) is 0 Å². The molecule has 0 spiro atoms. The summed E-state index contributed by atoms with van der Waals surface area (Å²) in [6, 6.07) is 4.90. The van der Waals surface area contributed by atoms with Gasteiger partial charge in [-0.2, -0.15) is 0 Å². The Bertz CT molecular complexity index is 689. The molecule has 0 unspecified atom stereocenters. The number of aliphatic hydroxyl groups excluding tert-OH is 1. The van der Waals surface area contributed by atoms with E-state index in [-0.39, 0.29) is 17.5 Å². The molecule has 1 atom stereocenters. The third-order valence-corrected chi connectivity index (χ3v) is 5.43. The highest BCUT2D eigenvalue weighted by Crippen LogP contribution is 2.22. The first-order valence-corrected chi connectivity index (χ1v) is 9.64. The van der Waals surface area contributed by atoms with Crippen LogP contribution in [0.2, 0.25) is 0 Å². The molecule has 1 heterocycles. The summed E-state index contributed by atoms with van der Waals surface area (Å²) in [6.45, 7) is 5.24. The van der Waals surface area contributed by atoms with E-state index in [9.17, 15) is 18.3 Å². The van der Waals surface area contributed by atoms with E-state index in [0.29, 0.717) is 32.5 Å². The van der Waals surface area contributed by atoms with E-state index < -0.39 is 16.1 Å². The van der Waals surface area contributed by atoms with Gasteiger partial charge in [-0.25, -0.2) is 17.9 Å². The molecule has 1 aliphatic heterocycles. The van der Waals surface area contributed by atoms with Crippen LogP contribution in [-0.4, -0.2) is 50.2 Å². The highest BCUT2D eigenvalue weighted by atomic mass is 32.2. The van der Waals surface area contributed by atoms with Crippen molar-refractivity contribution in [3.63, 3.8) is 0 Å². The summed E-state index contributed by atoms with van der Waals surface area (Å²) in [5.74, 6) is 0. The summed E-state index contributed by atoms with van der Waals surface area (Å²) in [5, 5.41) is 12.0. The first-order chi connectivity index (χ1) is 11.3. The Morgan fingerprint density at radius 3 is 2.79 bits per heavy atom. The zero-order valence-corrected chi connectivity index (χ0v) is 14.9. The number of hydrogen-bond acceptors (Lipinski definition) is 4. The highest BCUT2D eigenvalue weighted by molar-refractivity contribution is 7.89. The van der Waals surface area contributed by atoms with Crippen molar-refractivity contribution in [3.8, 4) is 0 Å². The van der Waals surface area contributed by atoms with Gasteiger partial charge in [0.1, 0.15) is 0 Å². The first kappa shape index (κ1) is 18.7. The number of aliphatic hydroxyl groups is 1. The van der Waals surface area contributed by atoms with Gasteiger partial charge in [-0.3, -0.25) is 0 Å². The zero-order chi connectivity index (χ0) is 17.7. The van der Waals surface area contributed by atoms with Crippen molar-refractivity contribution >= 4 is 16.1 Å². The van der Waals surface area contributed by atoms with Crippen LogP contribution >= 0.6 is 0 Å². The topological polar surface area (TPSA) is 98.7 Å². The number of rotatable bonds is 6. The second-order valence-electron chi connectivity index (χ2n) is 5.97. The number of amides is 2. The van der Waals surface area contributed by atoms with E-state index in [0.717, 1.165) is 11.1 Å². The van der Waals surface area contributed by atoms with E-state index in [1.54, 1.807) is 24.0 Å². The van der Waals surface area contributed by atoms with Crippen molar-refractivity contribution in [2.24, 2.45) is 0 Å². The Hall–Kier alpha value is -1.64. The van der Waals surface area contributed by atoms with Crippen LogP contribution in [0.3, 0.4) is 0 Å². The molecule has 2 rings (SSSR count). The number of fused-ring (bicyclic) bond motifs is 1. The van der Waals surface area contributed by atoms with Crippen LogP contribution in [0.25, 0.3) is 0 Å². The largest absolute Gasteiger partial charge is 0.393 e. The van der Waals surface area contributed by atoms with Crippen molar-refractivity contribution in [3.05, 3.63) is 29.3 Å². The molecule has 24 heavy (non-hydrogen) atoms. The molecule has 0 saturated carbocycles. The molecule has 3 N–H and O–H groups in total. The summed E-state index contributed by atoms with van der Waals surface area (Å²) >= 11 is 0. The Kier molecular flexibility index (Phi) is 6.20. The standard InChI is InChI=1S/C16H25N3O4S/c1-3-17-16(21)19-9-7-13-4-5-15(10-14(13)11-19)24(22,23)18-8-6-12(2)20/h4-5,10,12,18,20H,3,6-9,11H2,1-2H3,(H,17,21)/t12-/m1/s1. The number of benzene rings is 1. The van der Waals surface area contributed by atoms with E-state index in [1.807, 2.05) is 13.0 Å². The van der Waals surface area contributed by atoms with Gasteiger partial charge in [-0.05, 0) is 49.9 Å². The lowest BCUT2D eigenvalue weighted by Crippen LogP contribution is -2.42. The van der Waals surface area contributed by atoms with Crippen molar-refractivity contribution < 1.29 is 18.3 Å².